The van der Waals surface area contributed by atoms with Gasteiger partial charge >= 0.3 is 6.18 Å². The van der Waals surface area contributed by atoms with Crippen LogP contribution in [0.15, 0.2) is 42.6 Å². The first kappa shape index (κ1) is 20.0. The van der Waals surface area contributed by atoms with Crippen molar-refractivity contribution in [1.29, 1.82) is 0 Å². The van der Waals surface area contributed by atoms with E-state index in [0.717, 1.165) is 10.9 Å². The molecule has 0 saturated heterocycles. The molecule has 1 aromatic carbocycles. The second kappa shape index (κ2) is 7.71. The van der Waals surface area contributed by atoms with Crippen LogP contribution in [0.3, 0.4) is 0 Å². The van der Waals surface area contributed by atoms with Gasteiger partial charge in [-0.25, -0.2) is 0 Å². The Kier molecular flexibility index (Phi) is 5.51. The van der Waals surface area contributed by atoms with Gasteiger partial charge in [0.1, 0.15) is 11.4 Å². The molecule has 148 valence electrons. The SMILES string of the molecule is C[C@@H](NC(=O)c1cc2ccc(Cl)cc2n1C)c1ccc(OCC(F)(F)F)cn1. The fourth-order valence-electron chi connectivity index (χ4n) is 2.76. The Morgan fingerprint density at radius 1 is 1.29 bits per heavy atom. The smallest absolute Gasteiger partial charge is 0.422 e. The lowest BCUT2D eigenvalue weighted by Crippen LogP contribution is -2.28. The van der Waals surface area contributed by atoms with E-state index in [1.807, 2.05) is 6.07 Å². The number of amides is 1. The van der Waals surface area contributed by atoms with Crippen LogP contribution < -0.4 is 10.1 Å². The highest BCUT2D eigenvalue weighted by Gasteiger charge is 2.28. The van der Waals surface area contributed by atoms with Gasteiger partial charge in [-0.1, -0.05) is 17.7 Å². The maximum absolute atomic E-state index is 12.6. The van der Waals surface area contributed by atoms with E-state index >= 15 is 0 Å². The Morgan fingerprint density at radius 2 is 2.04 bits per heavy atom. The molecule has 28 heavy (non-hydrogen) atoms. The van der Waals surface area contributed by atoms with Crippen LogP contribution in [0, 0.1) is 0 Å². The van der Waals surface area contributed by atoms with E-state index in [9.17, 15) is 18.0 Å². The molecule has 0 unspecified atom stereocenters. The zero-order valence-corrected chi connectivity index (χ0v) is 15.8. The summed E-state index contributed by atoms with van der Waals surface area (Å²) in [4.78, 5) is 16.7. The molecule has 3 aromatic rings. The third kappa shape index (κ3) is 4.56. The van der Waals surface area contributed by atoms with Gasteiger partial charge in [-0.2, -0.15) is 13.2 Å². The first-order valence-electron chi connectivity index (χ1n) is 8.35. The van der Waals surface area contributed by atoms with Gasteiger partial charge in [0.15, 0.2) is 6.61 Å². The molecule has 0 radical (unpaired) electrons. The molecule has 0 bridgehead atoms. The van der Waals surface area contributed by atoms with Gasteiger partial charge in [0.25, 0.3) is 5.91 Å². The molecule has 0 aliphatic carbocycles. The van der Waals surface area contributed by atoms with Gasteiger partial charge in [0, 0.05) is 23.0 Å². The van der Waals surface area contributed by atoms with Crippen LogP contribution in [-0.4, -0.2) is 28.2 Å². The molecule has 1 N–H and O–H groups in total. The number of carbonyl (C=O) groups excluding carboxylic acids is 1. The maximum Gasteiger partial charge on any atom is 0.422 e. The zero-order chi connectivity index (χ0) is 20.5. The molecule has 1 atom stereocenters. The van der Waals surface area contributed by atoms with Crippen LogP contribution in [0.5, 0.6) is 5.75 Å². The van der Waals surface area contributed by atoms with Crippen molar-refractivity contribution >= 4 is 28.4 Å². The molecule has 2 heterocycles. The number of ether oxygens (including phenoxy) is 1. The lowest BCUT2D eigenvalue weighted by atomic mass is 10.2. The second-order valence-corrected chi connectivity index (χ2v) is 6.75. The third-order valence-electron chi connectivity index (χ3n) is 4.19. The third-order valence-corrected chi connectivity index (χ3v) is 4.43. The maximum atomic E-state index is 12.6. The molecule has 5 nitrogen and oxygen atoms in total. The summed E-state index contributed by atoms with van der Waals surface area (Å²) in [5, 5.41) is 4.29. The Hall–Kier alpha value is -2.74. The van der Waals surface area contributed by atoms with E-state index in [1.54, 1.807) is 36.7 Å². The second-order valence-electron chi connectivity index (χ2n) is 6.31. The van der Waals surface area contributed by atoms with Crippen molar-refractivity contribution in [3.63, 3.8) is 0 Å². The van der Waals surface area contributed by atoms with Crippen LogP contribution in [-0.2, 0) is 7.05 Å². The number of hydrogen-bond acceptors (Lipinski definition) is 3. The van der Waals surface area contributed by atoms with Crippen LogP contribution in [0.4, 0.5) is 13.2 Å². The molecule has 0 fully saturated rings. The highest BCUT2D eigenvalue weighted by atomic mass is 35.5. The minimum atomic E-state index is -4.41. The van der Waals surface area contributed by atoms with E-state index in [0.29, 0.717) is 16.4 Å². The number of rotatable bonds is 5. The number of nitrogens with one attached hydrogen (secondary N) is 1. The van der Waals surface area contributed by atoms with Crippen LogP contribution in [0.1, 0.15) is 29.1 Å². The molecule has 0 aliphatic rings. The van der Waals surface area contributed by atoms with Gasteiger partial charge in [0.2, 0.25) is 0 Å². The standard InChI is InChI=1S/C19H17ClF3N3O2/c1-11(15-6-5-14(9-24-15)28-10-19(21,22)23)25-18(27)17-7-12-3-4-13(20)8-16(12)26(17)2/h3-9,11H,10H2,1-2H3,(H,25,27)/t11-/m1/s1. The van der Waals surface area contributed by atoms with Crippen molar-refractivity contribution in [1.82, 2.24) is 14.9 Å². The molecular formula is C19H17ClF3N3O2. The zero-order valence-electron chi connectivity index (χ0n) is 15.0. The lowest BCUT2D eigenvalue weighted by Gasteiger charge is -2.15. The Labute approximate surface area is 164 Å². The minimum absolute atomic E-state index is 0.00478. The molecule has 2 aromatic heterocycles. The van der Waals surface area contributed by atoms with Gasteiger partial charge in [-0.3, -0.25) is 9.78 Å². The van der Waals surface area contributed by atoms with Crippen molar-refractivity contribution in [2.24, 2.45) is 7.05 Å². The van der Waals surface area contributed by atoms with Crippen molar-refractivity contribution < 1.29 is 22.7 Å². The average Bonchev–Trinajstić information content (AvgIpc) is 2.96. The molecule has 0 saturated carbocycles. The summed E-state index contributed by atoms with van der Waals surface area (Å²) < 4.78 is 42.9. The number of pyridine rings is 1. The van der Waals surface area contributed by atoms with Crippen molar-refractivity contribution in [3.05, 3.63) is 59.0 Å². The lowest BCUT2D eigenvalue weighted by molar-refractivity contribution is -0.153. The summed E-state index contributed by atoms with van der Waals surface area (Å²) in [6.07, 6.45) is -3.22. The predicted octanol–water partition coefficient (Wildman–Crippen LogP) is 4.66. The minimum Gasteiger partial charge on any atom is -0.483 e. The monoisotopic (exact) mass is 411 g/mol. The molecule has 0 aliphatic heterocycles. The van der Waals surface area contributed by atoms with E-state index < -0.39 is 18.8 Å². The fraction of sp³-hybridized carbons (Fsp3) is 0.263. The number of halogens is 4. The summed E-state index contributed by atoms with van der Waals surface area (Å²) in [6, 6.07) is 9.56. The van der Waals surface area contributed by atoms with Gasteiger partial charge in [-0.05, 0) is 37.3 Å². The van der Waals surface area contributed by atoms with Gasteiger partial charge in [0.05, 0.1) is 17.9 Å². The Morgan fingerprint density at radius 3 is 2.68 bits per heavy atom. The molecule has 0 spiro atoms. The van der Waals surface area contributed by atoms with Crippen LogP contribution >= 0.6 is 11.6 Å². The van der Waals surface area contributed by atoms with E-state index in [1.165, 1.54) is 18.3 Å². The topological polar surface area (TPSA) is 56.2 Å². The predicted molar refractivity (Wildman–Crippen MR) is 99.6 cm³/mol. The van der Waals surface area contributed by atoms with Crippen molar-refractivity contribution in [2.75, 3.05) is 6.61 Å². The summed E-state index contributed by atoms with van der Waals surface area (Å²) >= 11 is 6.01. The number of nitrogens with zero attached hydrogens (tertiary/aromatic N) is 2. The van der Waals surface area contributed by atoms with E-state index in [2.05, 4.69) is 15.0 Å². The first-order chi connectivity index (χ1) is 13.1. The van der Waals surface area contributed by atoms with Gasteiger partial charge < -0.3 is 14.6 Å². The normalized spacial score (nSPS) is 12.8. The Bertz CT molecular complexity index is 1000. The number of hydrogen-bond donors (Lipinski definition) is 1. The van der Waals surface area contributed by atoms with E-state index in [-0.39, 0.29) is 11.7 Å². The number of aromatic nitrogens is 2. The highest BCUT2D eigenvalue weighted by Crippen LogP contribution is 2.23. The Balaban J connectivity index is 1.70. The summed E-state index contributed by atoms with van der Waals surface area (Å²) in [5.74, 6) is -0.299. The summed E-state index contributed by atoms with van der Waals surface area (Å²) in [5.41, 5.74) is 1.78. The largest absolute Gasteiger partial charge is 0.483 e. The first-order valence-corrected chi connectivity index (χ1v) is 8.73. The van der Waals surface area contributed by atoms with Crippen molar-refractivity contribution in [3.8, 4) is 5.75 Å². The molecule has 1 amide bonds. The number of fused-ring (bicyclic) bond motifs is 1. The fourth-order valence-corrected chi connectivity index (χ4v) is 2.93. The molecule has 3 rings (SSSR count). The van der Waals surface area contributed by atoms with Crippen LogP contribution in [0.25, 0.3) is 10.9 Å². The highest BCUT2D eigenvalue weighted by molar-refractivity contribution is 6.31. The molecule has 9 heteroatoms. The quantitative estimate of drug-likeness (QED) is 0.664. The molecular weight excluding hydrogens is 395 g/mol. The number of benzene rings is 1. The average molecular weight is 412 g/mol. The van der Waals surface area contributed by atoms with Crippen LogP contribution in [0.2, 0.25) is 5.02 Å². The summed E-state index contributed by atoms with van der Waals surface area (Å²) in [7, 11) is 1.77. The van der Waals surface area contributed by atoms with Crippen molar-refractivity contribution in [2.45, 2.75) is 19.1 Å². The van der Waals surface area contributed by atoms with Gasteiger partial charge in [-0.15, -0.1) is 0 Å². The number of carbonyl (C=O) groups is 1. The van der Waals surface area contributed by atoms with E-state index in [4.69, 9.17) is 11.6 Å². The summed E-state index contributed by atoms with van der Waals surface area (Å²) in [6.45, 7) is 0.349. The number of alkyl halides is 3. The number of aryl methyl sites for hydroxylation is 1.